The molecular formula is C14H20O. The smallest absolute Gasteiger partial charge is 0.0969 e. The minimum Gasteiger partial charge on any atom is -0.384 e. The molecule has 1 nitrogen and oxygen atoms in total. The fourth-order valence-electron chi connectivity index (χ4n) is 1.60. The maximum atomic E-state index is 9.52. The fourth-order valence-corrected chi connectivity index (χ4v) is 1.60. The van der Waals surface area contributed by atoms with Crippen molar-refractivity contribution in [3.63, 3.8) is 0 Å². The summed E-state index contributed by atoms with van der Waals surface area (Å²) < 4.78 is 0. The molecule has 1 atom stereocenters. The molecule has 0 aliphatic heterocycles. The van der Waals surface area contributed by atoms with Gasteiger partial charge in [-0.15, -0.1) is 6.58 Å². The summed E-state index contributed by atoms with van der Waals surface area (Å²) in [6.07, 6.45) is 5.95. The molecule has 1 aromatic rings. The first kappa shape index (κ1) is 12.0. The van der Waals surface area contributed by atoms with Gasteiger partial charge in [-0.05, 0) is 24.0 Å². The van der Waals surface area contributed by atoms with Crippen molar-refractivity contribution in [1.82, 2.24) is 0 Å². The molecule has 1 aromatic carbocycles. The molecule has 0 radical (unpaired) electrons. The Bertz CT molecular complexity index is 287. The fraction of sp³-hybridized carbons (Fsp3) is 0.429. The van der Waals surface area contributed by atoms with Crippen LogP contribution in [0.5, 0.6) is 0 Å². The third kappa shape index (κ3) is 3.88. The zero-order chi connectivity index (χ0) is 11.1. The van der Waals surface area contributed by atoms with E-state index in [1.165, 1.54) is 24.8 Å². The third-order valence-electron chi connectivity index (χ3n) is 2.61. The highest BCUT2D eigenvalue weighted by Gasteiger charge is 2.01. The van der Waals surface area contributed by atoms with Crippen LogP contribution in [0, 0.1) is 0 Å². The van der Waals surface area contributed by atoms with Gasteiger partial charge in [-0.2, -0.15) is 0 Å². The number of benzene rings is 1. The molecule has 1 unspecified atom stereocenters. The Morgan fingerprint density at radius 3 is 2.47 bits per heavy atom. The second-order valence-electron chi connectivity index (χ2n) is 3.88. The lowest BCUT2D eigenvalue weighted by Crippen LogP contribution is -1.93. The van der Waals surface area contributed by atoms with E-state index >= 15 is 0 Å². The standard InChI is InChI=1S/C14H20O/c1-3-5-6-7-12-8-10-13(11-9-12)14(15)4-2/h4,8-11,14-15H,2-3,5-7H2,1H3. The predicted molar refractivity (Wildman–Crippen MR) is 64.8 cm³/mol. The van der Waals surface area contributed by atoms with Crippen molar-refractivity contribution >= 4 is 0 Å². The van der Waals surface area contributed by atoms with E-state index in [1.54, 1.807) is 6.08 Å². The first-order valence-electron chi connectivity index (χ1n) is 5.67. The Morgan fingerprint density at radius 1 is 1.27 bits per heavy atom. The highest BCUT2D eigenvalue weighted by atomic mass is 16.3. The molecule has 15 heavy (non-hydrogen) atoms. The summed E-state index contributed by atoms with van der Waals surface area (Å²) in [5.74, 6) is 0. The predicted octanol–water partition coefficient (Wildman–Crippen LogP) is 3.64. The Hall–Kier alpha value is -1.08. The molecule has 0 aromatic heterocycles. The summed E-state index contributed by atoms with van der Waals surface area (Å²) >= 11 is 0. The number of aliphatic hydroxyl groups is 1. The number of unbranched alkanes of at least 4 members (excludes halogenated alkanes) is 2. The minimum atomic E-state index is -0.533. The molecule has 0 spiro atoms. The van der Waals surface area contributed by atoms with Gasteiger partial charge in [0.15, 0.2) is 0 Å². The average Bonchev–Trinajstić information content (AvgIpc) is 2.29. The topological polar surface area (TPSA) is 20.2 Å². The van der Waals surface area contributed by atoms with E-state index < -0.39 is 6.10 Å². The van der Waals surface area contributed by atoms with Gasteiger partial charge in [-0.1, -0.05) is 50.1 Å². The molecule has 1 heteroatoms. The summed E-state index contributed by atoms with van der Waals surface area (Å²) in [5, 5.41) is 9.52. The monoisotopic (exact) mass is 204 g/mol. The van der Waals surface area contributed by atoms with Crippen LogP contribution < -0.4 is 0 Å². The normalized spacial score (nSPS) is 12.4. The van der Waals surface area contributed by atoms with Crippen LogP contribution in [0.1, 0.15) is 43.4 Å². The van der Waals surface area contributed by atoms with Crippen LogP contribution in [0.4, 0.5) is 0 Å². The molecule has 0 aliphatic carbocycles. The van der Waals surface area contributed by atoms with Crippen LogP contribution in [0.2, 0.25) is 0 Å². The Morgan fingerprint density at radius 2 is 1.93 bits per heavy atom. The maximum Gasteiger partial charge on any atom is 0.0969 e. The summed E-state index contributed by atoms with van der Waals surface area (Å²) in [5.41, 5.74) is 2.27. The van der Waals surface area contributed by atoms with E-state index in [-0.39, 0.29) is 0 Å². The zero-order valence-electron chi connectivity index (χ0n) is 9.45. The summed E-state index contributed by atoms with van der Waals surface area (Å²) in [4.78, 5) is 0. The number of aliphatic hydroxyl groups excluding tert-OH is 1. The Labute approximate surface area is 92.5 Å². The first-order valence-corrected chi connectivity index (χ1v) is 5.67. The number of hydrogen-bond acceptors (Lipinski definition) is 1. The number of hydrogen-bond donors (Lipinski definition) is 1. The van der Waals surface area contributed by atoms with Gasteiger partial charge in [-0.3, -0.25) is 0 Å². The second kappa shape index (κ2) is 6.41. The highest BCUT2D eigenvalue weighted by Crippen LogP contribution is 2.15. The van der Waals surface area contributed by atoms with Gasteiger partial charge in [0.05, 0.1) is 6.10 Å². The van der Waals surface area contributed by atoms with Gasteiger partial charge < -0.3 is 5.11 Å². The lowest BCUT2D eigenvalue weighted by molar-refractivity contribution is 0.229. The van der Waals surface area contributed by atoms with Crippen molar-refractivity contribution in [2.75, 3.05) is 0 Å². The van der Waals surface area contributed by atoms with E-state index in [0.717, 1.165) is 12.0 Å². The molecule has 0 aliphatic rings. The van der Waals surface area contributed by atoms with Crippen LogP contribution >= 0.6 is 0 Å². The molecule has 0 heterocycles. The Kier molecular flexibility index (Phi) is 5.13. The molecule has 0 fully saturated rings. The highest BCUT2D eigenvalue weighted by molar-refractivity contribution is 5.26. The van der Waals surface area contributed by atoms with E-state index in [2.05, 4.69) is 25.6 Å². The zero-order valence-corrected chi connectivity index (χ0v) is 9.45. The van der Waals surface area contributed by atoms with Crippen molar-refractivity contribution in [2.24, 2.45) is 0 Å². The van der Waals surface area contributed by atoms with Gasteiger partial charge in [-0.25, -0.2) is 0 Å². The first-order chi connectivity index (χ1) is 7.27. The van der Waals surface area contributed by atoms with E-state index in [1.807, 2.05) is 12.1 Å². The SMILES string of the molecule is C=CC(O)c1ccc(CCCCC)cc1. The average molecular weight is 204 g/mol. The van der Waals surface area contributed by atoms with Crippen LogP contribution in [-0.4, -0.2) is 5.11 Å². The van der Waals surface area contributed by atoms with Gasteiger partial charge in [0.1, 0.15) is 0 Å². The van der Waals surface area contributed by atoms with E-state index in [4.69, 9.17) is 0 Å². The quantitative estimate of drug-likeness (QED) is 0.554. The van der Waals surface area contributed by atoms with Crippen LogP contribution in [0.25, 0.3) is 0 Å². The van der Waals surface area contributed by atoms with Crippen molar-refractivity contribution < 1.29 is 5.11 Å². The lowest BCUT2D eigenvalue weighted by atomic mass is 10.0. The molecule has 1 rings (SSSR count). The van der Waals surface area contributed by atoms with Crippen LogP contribution in [-0.2, 0) is 6.42 Å². The molecule has 0 amide bonds. The molecule has 0 saturated carbocycles. The molecule has 1 N–H and O–H groups in total. The van der Waals surface area contributed by atoms with Gasteiger partial charge >= 0.3 is 0 Å². The second-order valence-corrected chi connectivity index (χ2v) is 3.88. The number of aryl methyl sites for hydroxylation is 1. The molecular weight excluding hydrogens is 184 g/mol. The Balaban J connectivity index is 2.52. The van der Waals surface area contributed by atoms with Crippen molar-refractivity contribution in [1.29, 1.82) is 0 Å². The van der Waals surface area contributed by atoms with Crippen molar-refractivity contribution in [3.8, 4) is 0 Å². The molecule has 0 saturated heterocycles. The van der Waals surface area contributed by atoms with E-state index in [9.17, 15) is 5.11 Å². The molecule has 82 valence electrons. The van der Waals surface area contributed by atoms with Crippen molar-refractivity contribution in [3.05, 3.63) is 48.0 Å². The van der Waals surface area contributed by atoms with Crippen LogP contribution in [0.3, 0.4) is 0 Å². The summed E-state index contributed by atoms with van der Waals surface area (Å²) in [6, 6.07) is 8.15. The van der Waals surface area contributed by atoms with Gasteiger partial charge in [0, 0.05) is 0 Å². The molecule has 0 bridgehead atoms. The maximum absolute atomic E-state index is 9.52. The van der Waals surface area contributed by atoms with E-state index in [0.29, 0.717) is 0 Å². The number of rotatable bonds is 6. The minimum absolute atomic E-state index is 0.533. The largest absolute Gasteiger partial charge is 0.384 e. The van der Waals surface area contributed by atoms with Crippen LogP contribution in [0.15, 0.2) is 36.9 Å². The summed E-state index contributed by atoms with van der Waals surface area (Å²) in [6.45, 7) is 5.78. The van der Waals surface area contributed by atoms with Gasteiger partial charge in [0.25, 0.3) is 0 Å². The third-order valence-corrected chi connectivity index (χ3v) is 2.61. The van der Waals surface area contributed by atoms with Crippen molar-refractivity contribution in [2.45, 2.75) is 38.7 Å². The summed E-state index contributed by atoms with van der Waals surface area (Å²) in [7, 11) is 0. The lowest BCUT2D eigenvalue weighted by Gasteiger charge is -2.06. The van der Waals surface area contributed by atoms with Gasteiger partial charge in [0.2, 0.25) is 0 Å².